The zero-order valence-electron chi connectivity index (χ0n) is 23.6. The summed E-state index contributed by atoms with van der Waals surface area (Å²) < 4.78 is 31.5. The van der Waals surface area contributed by atoms with Crippen molar-refractivity contribution in [3.8, 4) is 0 Å². The Hall–Kier alpha value is -2.54. The molecule has 0 amide bonds. The summed E-state index contributed by atoms with van der Waals surface area (Å²) in [6, 6.07) is 31.3. The van der Waals surface area contributed by atoms with Crippen LogP contribution < -0.4 is 0 Å². The van der Waals surface area contributed by atoms with Crippen molar-refractivity contribution in [3.05, 3.63) is 108 Å². The highest BCUT2D eigenvalue weighted by molar-refractivity contribution is 5.47. The molecule has 0 N–H and O–H groups in total. The minimum atomic E-state index is -0.792. The number of rotatable bonds is 12. The third-order valence-corrected chi connectivity index (χ3v) is 7.46. The van der Waals surface area contributed by atoms with Crippen molar-refractivity contribution in [3.63, 3.8) is 0 Å². The summed E-state index contributed by atoms with van der Waals surface area (Å²) >= 11 is 0. The maximum Gasteiger partial charge on any atom is 0.164 e. The lowest BCUT2D eigenvalue weighted by Gasteiger charge is -2.40. The smallest absolute Gasteiger partial charge is 0.164 e. The highest BCUT2D eigenvalue weighted by Gasteiger charge is 2.56. The van der Waals surface area contributed by atoms with Gasteiger partial charge in [-0.05, 0) is 43.9 Å². The largest absolute Gasteiger partial charge is 0.360 e. The van der Waals surface area contributed by atoms with E-state index >= 15 is 0 Å². The molecular weight excluding hydrogens is 476 g/mol. The topological polar surface area (TPSA) is 46.2 Å². The molecule has 0 bridgehead atoms. The van der Waals surface area contributed by atoms with Crippen LogP contribution in [0.4, 0.5) is 0 Å². The second-order valence-corrected chi connectivity index (χ2v) is 10.8. The Morgan fingerprint density at radius 2 is 1.29 bits per heavy atom. The van der Waals surface area contributed by atoms with E-state index < -0.39 is 17.0 Å². The van der Waals surface area contributed by atoms with Crippen LogP contribution in [0.5, 0.6) is 0 Å². The average molecular weight is 519 g/mol. The molecule has 4 atom stereocenters. The van der Waals surface area contributed by atoms with Crippen LogP contribution in [0.15, 0.2) is 91.0 Å². The lowest BCUT2D eigenvalue weighted by molar-refractivity contribution is -0.201. The maximum absolute atomic E-state index is 7.12. The van der Waals surface area contributed by atoms with E-state index in [4.69, 9.17) is 23.7 Å². The van der Waals surface area contributed by atoms with E-state index in [-0.39, 0.29) is 24.9 Å². The van der Waals surface area contributed by atoms with Crippen molar-refractivity contribution in [1.82, 2.24) is 0 Å². The maximum atomic E-state index is 7.12. The molecule has 0 saturated carbocycles. The molecule has 5 nitrogen and oxygen atoms in total. The average Bonchev–Trinajstić information content (AvgIpc) is 3.20. The molecule has 4 rings (SSSR count). The first kappa shape index (κ1) is 28.5. The predicted molar refractivity (Wildman–Crippen MR) is 150 cm³/mol. The summed E-state index contributed by atoms with van der Waals surface area (Å²) in [7, 11) is 1.63. The van der Waals surface area contributed by atoms with E-state index in [9.17, 15) is 0 Å². The molecule has 1 heterocycles. The number of ether oxygens (including phenoxy) is 5. The number of hydrogen-bond acceptors (Lipinski definition) is 5. The fraction of sp³-hybridized carbons (Fsp3) is 0.455. The van der Waals surface area contributed by atoms with Crippen molar-refractivity contribution in [2.24, 2.45) is 5.92 Å². The van der Waals surface area contributed by atoms with E-state index in [0.29, 0.717) is 6.61 Å². The summed E-state index contributed by atoms with van der Waals surface area (Å²) in [4.78, 5) is 0. The first-order valence-corrected chi connectivity index (χ1v) is 13.6. The van der Waals surface area contributed by atoms with Gasteiger partial charge in [0.05, 0.1) is 18.8 Å². The SMILES string of the molecule is CCC(OCOC)C1(C)OC(C)(C)OC1C(C)COC(c1ccccc1)(c1ccccc1)c1ccccc1. The molecule has 3 aromatic rings. The Balaban J connectivity index is 1.72. The molecule has 1 saturated heterocycles. The molecule has 1 aliphatic heterocycles. The zero-order chi connectivity index (χ0) is 27.2. The van der Waals surface area contributed by atoms with Gasteiger partial charge in [-0.1, -0.05) is 105 Å². The summed E-state index contributed by atoms with van der Waals surface area (Å²) in [5.41, 5.74) is 1.76. The van der Waals surface area contributed by atoms with Crippen LogP contribution in [0, 0.1) is 5.92 Å². The minimum Gasteiger partial charge on any atom is -0.360 e. The quantitative estimate of drug-likeness (QED) is 0.192. The van der Waals surface area contributed by atoms with E-state index in [2.05, 4.69) is 93.6 Å². The van der Waals surface area contributed by atoms with Gasteiger partial charge in [0.1, 0.15) is 18.0 Å². The highest BCUT2D eigenvalue weighted by Crippen LogP contribution is 2.45. The summed E-state index contributed by atoms with van der Waals surface area (Å²) in [6.45, 7) is 10.9. The third kappa shape index (κ3) is 5.73. The van der Waals surface area contributed by atoms with Gasteiger partial charge in [-0.2, -0.15) is 0 Å². The fourth-order valence-corrected chi connectivity index (χ4v) is 5.92. The first-order valence-electron chi connectivity index (χ1n) is 13.6. The van der Waals surface area contributed by atoms with Crippen molar-refractivity contribution in [2.75, 3.05) is 20.5 Å². The van der Waals surface area contributed by atoms with Gasteiger partial charge in [0.2, 0.25) is 0 Å². The Morgan fingerprint density at radius 1 is 0.816 bits per heavy atom. The molecule has 0 aliphatic carbocycles. The van der Waals surface area contributed by atoms with Crippen LogP contribution in [-0.4, -0.2) is 44.1 Å². The van der Waals surface area contributed by atoms with Gasteiger partial charge in [-0.3, -0.25) is 0 Å². The van der Waals surface area contributed by atoms with Gasteiger partial charge >= 0.3 is 0 Å². The molecule has 0 spiro atoms. The molecule has 0 radical (unpaired) electrons. The first-order chi connectivity index (χ1) is 18.3. The predicted octanol–water partition coefficient (Wildman–Crippen LogP) is 6.94. The molecule has 5 heteroatoms. The number of hydrogen-bond donors (Lipinski definition) is 0. The second kappa shape index (κ2) is 12.1. The Bertz CT molecular complexity index is 1020. The van der Waals surface area contributed by atoms with Gasteiger partial charge in [0.15, 0.2) is 5.79 Å². The standard InChI is InChI=1S/C33H42O5/c1-7-29(35-24-34-6)32(5)30(37-31(3,4)38-32)25(2)23-36-33(26-17-11-8-12-18-26,27-19-13-9-14-20-27)28-21-15-10-16-22-28/h8-22,25,29-30H,7,23-24H2,1-6H3. The second-order valence-electron chi connectivity index (χ2n) is 10.8. The number of methoxy groups -OCH3 is 1. The third-order valence-electron chi connectivity index (χ3n) is 7.46. The summed E-state index contributed by atoms with van der Waals surface area (Å²) in [5, 5.41) is 0. The van der Waals surface area contributed by atoms with Gasteiger partial charge in [-0.25, -0.2) is 0 Å². The molecule has 4 unspecified atom stereocenters. The molecule has 1 fully saturated rings. The molecule has 0 aromatic heterocycles. The van der Waals surface area contributed by atoms with Crippen molar-refractivity contribution >= 4 is 0 Å². The van der Waals surface area contributed by atoms with E-state index in [1.54, 1.807) is 7.11 Å². The van der Waals surface area contributed by atoms with Crippen LogP contribution in [0.2, 0.25) is 0 Å². The van der Waals surface area contributed by atoms with E-state index in [0.717, 1.165) is 23.1 Å². The Morgan fingerprint density at radius 3 is 1.71 bits per heavy atom. The normalized spacial score (nSPS) is 22.7. The van der Waals surface area contributed by atoms with E-state index in [1.165, 1.54) is 0 Å². The van der Waals surface area contributed by atoms with Crippen LogP contribution in [0.1, 0.15) is 57.7 Å². The minimum absolute atomic E-state index is 0.00233. The molecular formula is C33H42O5. The monoisotopic (exact) mass is 518 g/mol. The van der Waals surface area contributed by atoms with Gasteiger partial charge in [-0.15, -0.1) is 0 Å². The van der Waals surface area contributed by atoms with Crippen molar-refractivity contribution in [1.29, 1.82) is 0 Å². The van der Waals surface area contributed by atoms with Gasteiger partial charge in [0, 0.05) is 13.0 Å². The lowest BCUT2D eigenvalue weighted by atomic mass is 9.79. The van der Waals surface area contributed by atoms with Crippen LogP contribution >= 0.6 is 0 Å². The van der Waals surface area contributed by atoms with Gasteiger partial charge in [0.25, 0.3) is 0 Å². The molecule has 204 valence electrons. The Labute approximate surface area is 228 Å². The van der Waals surface area contributed by atoms with E-state index in [1.807, 2.05) is 32.0 Å². The fourth-order valence-electron chi connectivity index (χ4n) is 5.92. The van der Waals surface area contributed by atoms with Crippen molar-refractivity contribution in [2.45, 2.75) is 70.2 Å². The summed E-state index contributed by atoms with van der Waals surface area (Å²) in [5.74, 6) is -0.745. The molecule has 1 aliphatic rings. The lowest BCUT2D eigenvalue weighted by Crippen LogP contribution is -2.52. The van der Waals surface area contributed by atoms with Crippen LogP contribution in [-0.2, 0) is 29.3 Å². The molecule has 3 aromatic carbocycles. The number of benzene rings is 3. The summed E-state index contributed by atoms with van der Waals surface area (Å²) in [6.07, 6.45) is 0.323. The van der Waals surface area contributed by atoms with Crippen LogP contribution in [0.25, 0.3) is 0 Å². The highest BCUT2D eigenvalue weighted by atomic mass is 16.8. The van der Waals surface area contributed by atoms with Gasteiger partial charge < -0.3 is 23.7 Å². The van der Waals surface area contributed by atoms with Crippen molar-refractivity contribution < 1.29 is 23.7 Å². The zero-order valence-corrected chi connectivity index (χ0v) is 23.6. The van der Waals surface area contributed by atoms with Crippen LogP contribution in [0.3, 0.4) is 0 Å². The Kier molecular flexibility index (Phi) is 9.07. The molecule has 38 heavy (non-hydrogen) atoms.